The number of hydrogen-bond donors (Lipinski definition) is 0. The Balaban J connectivity index is 2.11. The minimum Gasteiger partial charge on any atom is -0.361 e. The molecule has 64 valence electrons. The Bertz CT molecular complexity index is 241. The third kappa shape index (κ3) is 1.18. The molecule has 0 saturated heterocycles. The fraction of sp³-hybridized carbons (Fsp3) is 0.778. The van der Waals surface area contributed by atoms with E-state index >= 15 is 0 Å². The summed E-state index contributed by atoms with van der Waals surface area (Å²) in [6.07, 6.45) is 6.11. The molecule has 0 spiro atoms. The molecule has 1 aliphatic carbocycles. The molecule has 0 radical (unpaired) electrons. The van der Waals surface area contributed by atoms with Gasteiger partial charge in [-0.15, -0.1) is 0 Å². The minimum absolute atomic E-state index is 0.219. The van der Waals surface area contributed by atoms with Crippen LogP contribution in [0.25, 0.3) is 4.85 Å². The summed E-state index contributed by atoms with van der Waals surface area (Å²) in [6, 6.07) is 0. The van der Waals surface area contributed by atoms with E-state index < -0.39 is 0 Å². The van der Waals surface area contributed by atoms with Crippen molar-refractivity contribution in [2.45, 2.75) is 38.2 Å². The van der Waals surface area contributed by atoms with Crippen LogP contribution >= 0.6 is 0 Å². The predicted octanol–water partition coefficient (Wildman–Crippen LogP) is 2.20. The number of hydrogen-bond acceptors (Lipinski definition) is 2. The van der Waals surface area contributed by atoms with E-state index in [0.29, 0.717) is 11.8 Å². The lowest BCUT2D eigenvalue weighted by molar-refractivity contribution is 0.0571. The van der Waals surface area contributed by atoms with Crippen LogP contribution in [0.4, 0.5) is 0 Å². The van der Waals surface area contributed by atoms with Crippen molar-refractivity contribution in [3.63, 3.8) is 0 Å². The van der Waals surface area contributed by atoms with Crippen molar-refractivity contribution in [1.82, 2.24) is 0 Å². The van der Waals surface area contributed by atoms with Gasteiger partial charge in [0.05, 0.1) is 11.1 Å². The number of oxime groups is 1. The Morgan fingerprint density at radius 1 is 1.33 bits per heavy atom. The van der Waals surface area contributed by atoms with E-state index in [1.54, 1.807) is 0 Å². The van der Waals surface area contributed by atoms with Gasteiger partial charge in [0.2, 0.25) is 0 Å². The molecule has 0 amide bonds. The topological polar surface area (TPSA) is 25.9 Å². The second-order valence-electron chi connectivity index (χ2n) is 3.45. The highest BCUT2D eigenvalue weighted by molar-refractivity contribution is 5.94. The first-order chi connectivity index (χ1) is 5.92. The molecule has 0 aromatic heterocycles. The van der Waals surface area contributed by atoms with Gasteiger partial charge in [0, 0.05) is 0 Å². The van der Waals surface area contributed by atoms with E-state index in [0.717, 1.165) is 12.8 Å². The quantitative estimate of drug-likeness (QED) is 0.504. The normalized spacial score (nSPS) is 34.1. The average Bonchev–Trinajstić information content (AvgIpc) is 2.33. The van der Waals surface area contributed by atoms with E-state index in [4.69, 9.17) is 11.4 Å². The molecule has 2 unspecified atom stereocenters. The number of rotatable bonds is 0. The first-order valence-electron chi connectivity index (χ1n) is 4.53. The SMILES string of the molecule is [C-]#[N+]C1=NOC2CCCCCC12. The zero-order chi connectivity index (χ0) is 8.39. The molecule has 0 aromatic rings. The van der Waals surface area contributed by atoms with Gasteiger partial charge in [-0.2, -0.15) is 0 Å². The van der Waals surface area contributed by atoms with Crippen LogP contribution in [0.1, 0.15) is 32.1 Å². The Hall–Kier alpha value is -1.04. The van der Waals surface area contributed by atoms with Crippen LogP contribution in [0.5, 0.6) is 0 Å². The van der Waals surface area contributed by atoms with E-state index in [-0.39, 0.29) is 6.10 Å². The molecule has 1 aliphatic heterocycles. The van der Waals surface area contributed by atoms with Gasteiger partial charge in [-0.25, -0.2) is 0 Å². The molecule has 3 heteroatoms. The summed E-state index contributed by atoms with van der Waals surface area (Å²) in [4.78, 5) is 8.60. The maximum absolute atomic E-state index is 6.91. The van der Waals surface area contributed by atoms with Crippen LogP contribution in [0.3, 0.4) is 0 Å². The van der Waals surface area contributed by atoms with E-state index in [1.165, 1.54) is 19.3 Å². The highest BCUT2D eigenvalue weighted by Gasteiger charge is 2.36. The van der Waals surface area contributed by atoms with E-state index in [2.05, 4.69) is 10.0 Å². The first kappa shape index (κ1) is 7.60. The lowest BCUT2D eigenvalue weighted by atomic mass is 9.97. The van der Waals surface area contributed by atoms with Crippen molar-refractivity contribution >= 4 is 5.84 Å². The number of nitrogens with zero attached hydrogens (tertiary/aromatic N) is 2. The van der Waals surface area contributed by atoms with Gasteiger partial charge in [-0.05, 0) is 19.3 Å². The maximum Gasteiger partial charge on any atom is 0.298 e. The lowest BCUT2D eigenvalue weighted by Gasteiger charge is -2.10. The first-order valence-corrected chi connectivity index (χ1v) is 4.53. The van der Waals surface area contributed by atoms with Gasteiger partial charge in [-0.1, -0.05) is 19.4 Å². The van der Waals surface area contributed by atoms with Crippen molar-refractivity contribution in [2.24, 2.45) is 11.1 Å². The molecule has 0 bridgehead atoms. The number of fused-ring (bicyclic) bond motifs is 1. The number of amidine groups is 1. The summed E-state index contributed by atoms with van der Waals surface area (Å²) in [5.41, 5.74) is 0. The van der Waals surface area contributed by atoms with Crippen LogP contribution in [0.2, 0.25) is 0 Å². The van der Waals surface area contributed by atoms with E-state index in [1.807, 2.05) is 0 Å². The third-order valence-corrected chi connectivity index (χ3v) is 2.68. The molecular weight excluding hydrogens is 152 g/mol. The Morgan fingerprint density at radius 3 is 3.00 bits per heavy atom. The second kappa shape index (κ2) is 3.14. The van der Waals surface area contributed by atoms with Crippen molar-refractivity contribution in [3.8, 4) is 0 Å². The molecule has 1 heterocycles. The molecule has 12 heavy (non-hydrogen) atoms. The van der Waals surface area contributed by atoms with Crippen molar-refractivity contribution < 1.29 is 4.84 Å². The van der Waals surface area contributed by atoms with Crippen LogP contribution in [-0.4, -0.2) is 11.9 Å². The van der Waals surface area contributed by atoms with Crippen LogP contribution in [-0.2, 0) is 4.84 Å². The van der Waals surface area contributed by atoms with E-state index in [9.17, 15) is 0 Å². The molecule has 1 saturated carbocycles. The van der Waals surface area contributed by atoms with Crippen molar-refractivity contribution in [3.05, 3.63) is 11.4 Å². The van der Waals surface area contributed by atoms with Crippen LogP contribution < -0.4 is 0 Å². The molecule has 2 rings (SSSR count). The van der Waals surface area contributed by atoms with Gasteiger partial charge in [0.15, 0.2) is 6.10 Å². The maximum atomic E-state index is 6.91. The highest BCUT2D eigenvalue weighted by atomic mass is 16.6. The minimum atomic E-state index is 0.219. The predicted molar refractivity (Wildman–Crippen MR) is 45.5 cm³/mol. The zero-order valence-corrected chi connectivity index (χ0v) is 6.99. The second-order valence-corrected chi connectivity index (χ2v) is 3.45. The fourth-order valence-electron chi connectivity index (χ4n) is 1.99. The molecule has 2 aliphatic rings. The highest BCUT2D eigenvalue weighted by Crippen LogP contribution is 2.31. The fourth-order valence-corrected chi connectivity index (χ4v) is 1.99. The zero-order valence-electron chi connectivity index (χ0n) is 6.99. The summed E-state index contributed by atoms with van der Waals surface area (Å²) < 4.78 is 0. The molecule has 0 aromatic carbocycles. The summed E-state index contributed by atoms with van der Waals surface area (Å²) in [5, 5.41) is 3.80. The Labute approximate surface area is 72.2 Å². The van der Waals surface area contributed by atoms with Crippen LogP contribution in [0.15, 0.2) is 5.16 Å². The van der Waals surface area contributed by atoms with Crippen molar-refractivity contribution in [2.75, 3.05) is 0 Å². The monoisotopic (exact) mass is 164 g/mol. The van der Waals surface area contributed by atoms with Gasteiger partial charge in [0.1, 0.15) is 0 Å². The van der Waals surface area contributed by atoms with Gasteiger partial charge in [-0.3, -0.25) is 0 Å². The van der Waals surface area contributed by atoms with Crippen molar-refractivity contribution in [1.29, 1.82) is 0 Å². The molecular formula is C9H12N2O. The average molecular weight is 164 g/mol. The third-order valence-electron chi connectivity index (χ3n) is 2.68. The molecule has 3 nitrogen and oxygen atoms in total. The van der Waals surface area contributed by atoms with Gasteiger partial charge >= 0.3 is 0 Å². The van der Waals surface area contributed by atoms with Gasteiger partial charge < -0.3 is 9.68 Å². The van der Waals surface area contributed by atoms with Crippen LogP contribution in [0, 0.1) is 12.5 Å². The molecule has 1 fully saturated rings. The summed E-state index contributed by atoms with van der Waals surface area (Å²) >= 11 is 0. The summed E-state index contributed by atoms with van der Waals surface area (Å²) in [5.74, 6) is 0.909. The molecule has 0 N–H and O–H groups in total. The largest absolute Gasteiger partial charge is 0.361 e. The summed E-state index contributed by atoms with van der Waals surface area (Å²) in [6.45, 7) is 6.91. The lowest BCUT2D eigenvalue weighted by Crippen LogP contribution is -2.19. The smallest absolute Gasteiger partial charge is 0.298 e. The standard InChI is InChI=1S/C9H12N2O/c1-10-9-7-5-3-2-4-6-8(7)12-11-9/h7-8H,2-6H2. The Kier molecular flexibility index (Phi) is 1.99. The Morgan fingerprint density at radius 2 is 2.17 bits per heavy atom. The van der Waals surface area contributed by atoms with Gasteiger partial charge in [0.25, 0.3) is 5.84 Å². The summed E-state index contributed by atoms with van der Waals surface area (Å²) in [7, 11) is 0. The molecule has 2 atom stereocenters.